The fourth-order valence-corrected chi connectivity index (χ4v) is 7.05. The molecule has 0 saturated heterocycles. The van der Waals surface area contributed by atoms with Crippen LogP contribution in [0.15, 0.2) is 97.1 Å². The summed E-state index contributed by atoms with van der Waals surface area (Å²) in [7, 11) is 1.86. The van der Waals surface area contributed by atoms with Crippen LogP contribution in [0.5, 0.6) is 23.0 Å². The summed E-state index contributed by atoms with van der Waals surface area (Å²) in [6.07, 6.45) is -0.658. The van der Waals surface area contributed by atoms with Crippen molar-refractivity contribution in [2.45, 2.75) is 23.3 Å². The summed E-state index contributed by atoms with van der Waals surface area (Å²) in [5.41, 5.74) is 1.53. The fourth-order valence-electron chi connectivity index (χ4n) is 4.81. The first-order valence-corrected chi connectivity index (χ1v) is 15.2. The second kappa shape index (κ2) is 14.0. The van der Waals surface area contributed by atoms with Gasteiger partial charge >= 0.3 is 0 Å². The first kappa shape index (κ1) is 31.3. The quantitative estimate of drug-likeness (QED) is 0.151. The molecule has 2 atom stereocenters. The summed E-state index contributed by atoms with van der Waals surface area (Å²) in [5, 5.41) is -2.49. The molecule has 8 nitrogen and oxygen atoms in total. The summed E-state index contributed by atoms with van der Waals surface area (Å²) in [6.45, 7) is 0. The molecule has 0 bridgehead atoms. The van der Waals surface area contributed by atoms with Gasteiger partial charge in [-0.25, -0.2) is 8.42 Å². The van der Waals surface area contributed by atoms with Gasteiger partial charge in [-0.15, -0.1) is 0 Å². The van der Waals surface area contributed by atoms with Crippen LogP contribution in [0.4, 0.5) is 0 Å². The van der Waals surface area contributed by atoms with Gasteiger partial charge in [0.15, 0.2) is 21.4 Å². The minimum atomic E-state index is -4.21. The Hall–Kier alpha value is -4.63. The van der Waals surface area contributed by atoms with E-state index in [-0.39, 0.29) is 24.4 Å². The van der Waals surface area contributed by atoms with Gasteiger partial charge in [0.25, 0.3) is 0 Å². The predicted octanol–water partition coefficient (Wildman–Crippen LogP) is 6.46. The molecule has 0 radical (unpaired) electrons. The average Bonchev–Trinajstić information content (AvgIpc) is 3.06. The van der Waals surface area contributed by atoms with E-state index in [0.717, 1.165) is 0 Å². The van der Waals surface area contributed by atoms with Crippen LogP contribution in [0.25, 0.3) is 0 Å². The van der Waals surface area contributed by atoms with Gasteiger partial charge in [0.05, 0.1) is 38.9 Å². The van der Waals surface area contributed by atoms with Gasteiger partial charge < -0.3 is 18.9 Å². The maximum absolute atomic E-state index is 14.7. The minimum Gasteiger partial charge on any atom is -0.497 e. The van der Waals surface area contributed by atoms with Gasteiger partial charge in [-0.2, -0.15) is 0 Å². The van der Waals surface area contributed by atoms with E-state index in [0.29, 0.717) is 45.3 Å². The van der Waals surface area contributed by atoms with Crippen LogP contribution in [0.1, 0.15) is 55.2 Å². The molecule has 0 N–H and O–H groups in total. The fraction of sp³-hybridized carbons (Fsp3) is 0.235. The lowest BCUT2D eigenvalue weighted by Gasteiger charge is -2.25. The molecule has 224 valence electrons. The zero-order valence-corrected chi connectivity index (χ0v) is 25.3. The highest BCUT2D eigenvalue weighted by Gasteiger charge is 2.39. The summed E-state index contributed by atoms with van der Waals surface area (Å²) >= 11 is 0. The summed E-state index contributed by atoms with van der Waals surface area (Å²) in [6, 6.07) is 26.2. The minimum absolute atomic E-state index is 0.329. The van der Waals surface area contributed by atoms with Crippen LogP contribution in [0.2, 0.25) is 0 Å². The molecule has 2 unspecified atom stereocenters. The molecule has 4 aromatic carbocycles. The molecule has 0 aliphatic carbocycles. The standard InChI is InChI=1S/C34H34O8S/c1-39-27-13-5-23(6-14-27)31(35)21-33(25-9-17-29(41-3)18-10-25)43(37,38)34(26-11-19-30(42-4)20-12-26)22-32(36)24-7-15-28(40-2)16-8-24/h5-20,33-34H,21-22H2,1-4H3. The Morgan fingerprint density at radius 1 is 0.488 bits per heavy atom. The predicted molar refractivity (Wildman–Crippen MR) is 164 cm³/mol. The van der Waals surface area contributed by atoms with Crippen molar-refractivity contribution in [3.63, 3.8) is 0 Å². The van der Waals surface area contributed by atoms with Gasteiger partial charge in [-0.1, -0.05) is 24.3 Å². The Labute approximate surface area is 252 Å². The van der Waals surface area contributed by atoms with Crippen molar-refractivity contribution >= 4 is 21.4 Å². The molecule has 0 aliphatic heterocycles. The normalized spacial score (nSPS) is 12.6. The van der Waals surface area contributed by atoms with Gasteiger partial charge in [-0.05, 0) is 83.9 Å². The number of rotatable bonds is 14. The maximum Gasteiger partial charge on any atom is 0.165 e. The SMILES string of the molecule is COc1ccc(C(=O)CC(c2ccc(OC)cc2)S(=O)(=O)C(CC(=O)c2ccc(OC)cc2)c2ccc(OC)cc2)cc1. The Morgan fingerprint density at radius 2 is 0.744 bits per heavy atom. The number of carbonyl (C=O) groups excluding carboxylic acids is 2. The molecule has 0 saturated carbocycles. The summed E-state index contributed by atoms with van der Waals surface area (Å²) in [5.74, 6) is 1.52. The number of ketones is 2. The Morgan fingerprint density at radius 3 is 1.00 bits per heavy atom. The van der Waals surface area contributed by atoms with Crippen molar-refractivity contribution in [3.8, 4) is 23.0 Å². The smallest absolute Gasteiger partial charge is 0.165 e. The Bertz CT molecular complexity index is 1510. The number of ether oxygens (including phenoxy) is 4. The van der Waals surface area contributed by atoms with Crippen molar-refractivity contribution in [2.24, 2.45) is 0 Å². The molecule has 4 rings (SSSR count). The number of Topliss-reactive ketones (excluding diaryl/α,β-unsaturated/α-hetero) is 2. The molecule has 0 fully saturated rings. The van der Waals surface area contributed by atoms with E-state index in [9.17, 15) is 18.0 Å². The zero-order valence-electron chi connectivity index (χ0n) is 24.5. The summed E-state index contributed by atoms with van der Waals surface area (Å²) in [4.78, 5) is 27.0. The van der Waals surface area contributed by atoms with E-state index in [2.05, 4.69) is 0 Å². The van der Waals surface area contributed by atoms with Crippen molar-refractivity contribution in [2.75, 3.05) is 28.4 Å². The topological polar surface area (TPSA) is 105 Å². The van der Waals surface area contributed by atoms with Gasteiger partial charge in [0.2, 0.25) is 0 Å². The number of hydrogen-bond acceptors (Lipinski definition) is 8. The van der Waals surface area contributed by atoms with Gasteiger partial charge in [0.1, 0.15) is 23.0 Å². The molecule has 9 heteroatoms. The molecule has 0 spiro atoms. The number of benzene rings is 4. The lowest BCUT2D eigenvalue weighted by molar-refractivity contribution is 0.0976. The molecule has 0 amide bonds. The lowest BCUT2D eigenvalue weighted by Crippen LogP contribution is -2.25. The Balaban J connectivity index is 1.78. The zero-order chi connectivity index (χ0) is 31.0. The van der Waals surface area contributed by atoms with Gasteiger partial charge in [0, 0.05) is 24.0 Å². The molecule has 0 aromatic heterocycles. The number of hydrogen-bond donors (Lipinski definition) is 0. The second-order valence-electron chi connectivity index (χ2n) is 9.82. The van der Waals surface area contributed by atoms with Crippen LogP contribution in [0, 0.1) is 0 Å². The van der Waals surface area contributed by atoms with Crippen LogP contribution >= 0.6 is 0 Å². The molecular weight excluding hydrogens is 568 g/mol. The molecule has 0 aliphatic rings. The number of sulfone groups is 1. The maximum atomic E-state index is 14.7. The first-order valence-electron chi connectivity index (χ1n) is 13.5. The van der Waals surface area contributed by atoms with Crippen LogP contribution in [-0.4, -0.2) is 48.4 Å². The number of carbonyl (C=O) groups is 2. The largest absolute Gasteiger partial charge is 0.497 e. The highest BCUT2D eigenvalue weighted by molar-refractivity contribution is 7.92. The third kappa shape index (κ3) is 7.42. The molecule has 4 aromatic rings. The van der Waals surface area contributed by atoms with E-state index >= 15 is 0 Å². The van der Waals surface area contributed by atoms with E-state index in [1.807, 2.05) is 0 Å². The van der Waals surface area contributed by atoms with Crippen molar-refractivity contribution in [1.82, 2.24) is 0 Å². The Kier molecular flexibility index (Phi) is 10.2. The van der Waals surface area contributed by atoms with E-state index in [1.165, 1.54) is 28.4 Å². The monoisotopic (exact) mass is 602 g/mol. The van der Waals surface area contributed by atoms with Gasteiger partial charge in [-0.3, -0.25) is 9.59 Å². The summed E-state index contributed by atoms with van der Waals surface area (Å²) < 4.78 is 50.3. The van der Waals surface area contributed by atoms with E-state index < -0.39 is 20.3 Å². The highest BCUT2D eigenvalue weighted by Crippen LogP contribution is 2.40. The van der Waals surface area contributed by atoms with Crippen molar-refractivity contribution in [3.05, 3.63) is 119 Å². The van der Waals surface area contributed by atoms with Crippen LogP contribution < -0.4 is 18.9 Å². The van der Waals surface area contributed by atoms with Crippen molar-refractivity contribution in [1.29, 1.82) is 0 Å². The highest BCUT2D eigenvalue weighted by atomic mass is 32.2. The van der Waals surface area contributed by atoms with Crippen LogP contribution in [-0.2, 0) is 9.84 Å². The number of methoxy groups -OCH3 is 4. The van der Waals surface area contributed by atoms with E-state index in [4.69, 9.17) is 18.9 Å². The van der Waals surface area contributed by atoms with Crippen LogP contribution in [0.3, 0.4) is 0 Å². The average molecular weight is 603 g/mol. The van der Waals surface area contributed by atoms with E-state index in [1.54, 1.807) is 97.1 Å². The third-order valence-electron chi connectivity index (χ3n) is 7.33. The molecule has 0 heterocycles. The second-order valence-corrected chi connectivity index (χ2v) is 12.1. The van der Waals surface area contributed by atoms with Crippen molar-refractivity contribution < 1.29 is 37.0 Å². The lowest BCUT2D eigenvalue weighted by atomic mass is 10.0. The first-order chi connectivity index (χ1) is 20.7. The molecular formula is C34H34O8S. The third-order valence-corrected chi connectivity index (χ3v) is 9.80. The molecule has 43 heavy (non-hydrogen) atoms.